The van der Waals surface area contributed by atoms with Gasteiger partial charge in [0.1, 0.15) is 18.0 Å². The van der Waals surface area contributed by atoms with E-state index in [-0.39, 0.29) is 24.1 Å². The Bertz CT molecular complexity index is 626. The van der Waals surface area contributed by atoms with Gasteiger partial charge in [-0.3, -0.25) is 9.59 Å². The number of carbonyl (C=O) groups excluding carboxylic acids is 2. The molecule has 24 heavy (non-hydrogen) atoms. The topological polar surface area (TPSA) is 61.8 Å². The molecule has 0 aromatic heterocycles. The molecule has 2 rings (SSSR count). The normalized spacial score (nSPS) is 19.1. The van der Waals surface area contributed by atoms with Gasteiger partial charge in [-0.2, -0.15) is 0 Å². The number of aryl methyl sites for hydroxylation is 1. The van der Waals surface area contributed by atoms with Crippen molar-refractivity contribution in [1.82, 2.24) is 0 Å². The van der Waals surface area contributed by atoms with Crippen LogP contribution in [0.15, 0.2) is 30.4 Å². The number of rotatable bonds is 7. The minimum atomic E-state index is -0.289. The third-order valence-electron chi connectivity index (χ3n) is 3.69. The Morgan fingerprint density at radius 2 is 2.00 bits per heavy atom. The molecule has 1 aliphatic rings. The molecule has 0 saturated heterocycles. The fraction of sp³-hybridized carbons (Fsp3) is 0.444. The molecule has 0 aliphatic heterocycles. The van der Waals surface area contributed by atoms with Crippen LogP contribution in [0, 0.1) is 3.57 Å². The second kappa shape index (κ2) is 9.05. The minimum absolute atomic E-state index is 0.121. The zero-order chi connectivity index (χ0) is 17.5. The van der Waals surface area contributed by atoms with Crippen LogP contribution < -0.4 is 4.74 Å². The Kier molecular flexibility index (Phi) is 7.08. The maximum absolute atomic E-state index is 11.3. The largest absolute Gasteiger partial charge is 0.485 e. The highest BCUT2D eigenvalue weighted by Crippen LogP contribution is 2.30. The van der Waals surface area contributed by atoms with E-state index in [2.05, 4.69) is 27.3 Å². The number of esters is 2. The first-order valence-corrected chi connectivity index (χ1v) is 8.94. The van der Waals surface area contributed by atoms with Gasteiger partial charge < -0.3 is 14.2 Å². The van der Waals surface area contributed by atoms with E-state index in [9.17, 15) is 9.59 Å². The van der Waals surface area contributed by atoms with Crippen molar-refractivity contribution >= 4 is 34.5 Å². The molecular formula is C18H21IO5. The molecule has 0 N–H and O–H groups in total. The SMILES string of the molecule is COC(=O)CCCc1cccc(I)c1O[C@@H]1C=C[C@H](OC(C)=O)C1. The van der Waals surface area contributed by atoms with E-state index in [1.165, 1.54) is 14.0 Å². The van der Waals surface area contributed by atoms with Crippen LogP contribution >= 0.6 is 22.6 Å². The summed E-state index contributed by atoms with van der Waals surface area (Å²) in [7, 11) is 1.40. The lowest BCUT2D eigenvalue weighted by molar-refractivity contribution is -0.144. The van der Waals surface area contributed by atoms with Crippen LogP contribution in [0.4, 0.5) is 0 Å². The highest BCUT2D eigenvalue weighted by molar-refractivity contribution is 14.1. The Morgan fingerprint density at radius 3 is 2.71 bits per heavy atom. The van der Waals surface area contributed by atoms with Gasteiger partial charge in [-0.15, -0.1) is 0 Å². The van der Waals surface area contributed by atoms with Gasteiger partial charge in [0.2, 0.25) is 0 Å². The quantitative estimate of drug-likeness (QED) is 0.367. The highest BCUT2D eigenvalue weighted by Gasteiger charge is 2.24. The number of halogens is 1. The van der Waals surface area contributed by atoms with Gasteiger partial charge in [0, 0.05) is 19.8 Å². The van der Waals surface area contributed by atoms with Crippen molar-refractivity contribution in [1.29, 1.82) is 0 Å². The Balaban J connectivity index is 1.98. The maximum Gasteiger partial charge on any atom is 0.305 e. The summed E-state index contributed by atoms with van der Waals surface area (Å²) in [4.78, 5) is 22.3. The standard InChI is InChI=1S/C18H21IO5/c1-12(20)23-14-9-10-15(11-14)24-18-13(5-3-7-16(18)19)6-4-8-17(21)22-2/h3,5,7,9-10,14-15H,4,6,8,11H2,1-2H3/t14-,15+/m0/s1. The maximum atomic E-state index is 11.3. The Hall–Kier alpha value is -1.57. The molecule has 0 fully saturated rings. The van der Waals surface area contributed by atoms with E-state index in [0.29, 0.717) is 19.3 Å². The first kappa shape index (κ1) is 18.8. The van der Waals surface area contributed by atoms with Crippen molar-refractivity contribution in [2.45, 2.75) is 44.8 Å². The monoisotopic (exact) mass is 444 g/mol. The zero-order valence-electron chi connectivity index (χ0n) is 13.8. The molecule has 5 nitrogen and oxygen atoms in total. The van der Waals surface area contributed by atoms with E-state index in [4.69, 9.17) is 9.47 Å². The molecule has 0 bridgehead atoms. The van der Waals surface area contributed by atoms with Crippen molar-refractivity contribution in [2.24, 2.45) is 0 Å². The summed E-state index contributed by atoms with van der Waals surface area (Å²) >= 11 is 2.24. The molecule has 0 radical (unpaired) electrons. The van der Waals surface area contributed by atoms with Crippen LogP contribution in [0.25, 0.3) is 0 Å². The van der Waals surface area contributed by atoms with E-state index in [1.54, 1.807) is 0 Å². The lowest BCUT2D eigenvalue weighted by atomic mass is 10.1. The lowest BCUT2D eigenvalue weighted by Gasteiger charge is -2.18. The fourth-order valence-electron chi connectivity index (χ4n) is 2.58. The van der Waals surface area contributed by atoms with Crippen LogP contribution in [0.2, 0.25) is 0 Å². The third-order valence-corrected chi connectivity index (χ3v) is 4.54. The predicted octanol–water partition coefficient (Wildman–Crippen LogP) is 3.43. The van der Waals surface area contributed by atoms with Crippen LogP contribution in [-0.4, -0.2) is 31.3 Å². The molecule has 0 spiro atoms. The summed E-state index contributed by atoms with van der Waals surface area (Å²) in [6.45, 7) is 1.40. The van der Waals surface area contributed by atoms with Crippen molar-refractivity contribution < 1.29 is 23.8 Å². The van der Waals surface area contributed by atoms with Gasteiger partial charge in [-0.05, 0) is 59.2 Å². The summed E-state index contributed by atoms with van der Waals surface area (Å²) in [6.07, 6.45) is 5.89. The van der Waals surface area contributed by atoms with Gasteiger partial charge in [-0.25, -0.2) is 0 Å². The van der Waals surface area contributed by atoms with E-state index in [0.717, 1.165) is 21.3 Å². The number of hydrogen-bond acceptors (Lipinski definition) is 5. The molecule has 0 amide bonds. The summed E-state index contributed by atoms with van der Waals surface area (Å²) in [5.41, 5.74) is 1.06. The van der Waals surface area contributed by atoms with E-state index in [1.807, 2.05) is 30.4 Å². The Morgan fingerprint density at radius 1 is 1.25 bits per heavy atom. The molecule has 2 atom stereocenters. The third kappa shape index (κ3) is 5.51. The first-order chi connectivity index (χ1) is 11.5. The fourth-order valence-corrected chi connectivity index (χ4v) is 3.26. The van der Waals surface area contributed by atoms with Crippen LogP contribution in [0.3, 0.4) is 0 Å². The number of benzene rings is 1. The molecule has 0 saturated carbocycles. The molecule has 1 aromatic rings. The van der Waals surface area contributed by atoms with Crippen molar-refractivity contribution in [3.63, 3.8) is 0 Å². The van der Waals surface area contributed by atoms with Crippen molar-refractivity contribution in [2.75, 3.05) is 7.11 Å². The average Bonchev–Trinajstić information content (AvgIpc) is 2.96. The number of ether oxygens (including phenoxy) is 3. The first-order valence-electron chi connectivity index (χ1n) is 7.86. The van der Waals surface area contributed by atoms with Gasteiger partial charge in [0.05, 0.1) is 10.7 Å². The molecule has 6 heteroatoms. The van der Waals surface area contributed by atoms with Crippen molar-refractivity contribution in [3.8, 4) is 5.75 Å². The van der Waals surface area contributed by atoms with Crippen LogP contribution in [0.1, 0.15) is 31.7 Å². The lowest BCUT2D eigenvalue weighted by Crippen LogP contribution is -2.19. The molecule has 1 aromatic carbocycles. The second-order valence-electron chi connectivity index (χ2n) is 5.58. The number of carbonyl (C=O) groups is 2. The van der Waals surface area contributed by atoms with Gasteiger partial charge in [-0.1, -0.05) is 12.1 Å². The molecule has 1 aliphatic carbocycles. The molecule has 0 unspecified atom stereocenters. The van der Waals surface area contributed by atoms with Crippen molar-refractivity contribution in [3.05, 3.63) is 39.5 Å². The average molecular weight is 444 g/mol. The van der Waals surface area contributed by atoms with Crippen LogP contribution in [0.5, 0.6) is 5.75 Å². The predicted molar refractivity (Wildman–Crippen MR) is 97.8 cm³/mol. The zero-order valence-corrected chi connectivity index (χ0v) is 15.9. The van der Waals surface area contributed by atoms with E-state index < -0.39 is 0 Å². The number of hydrogen-bond donors (Lipinski definition) is 0. The second-order valence-corrected chi connectivity index (χ2v) is 6.74. The minimum Gasteiger partial charge on any atom is -0.485 e. The summed E-state index contributed by atoms with van der Waals surface area (Å²) < 4.78 is 17.0. The van der Waals surface area contributed by atoms with Gasteiger partial charge in [0.25, 0.3) is 0 Å². The smallest absolute Gasteiger partial charge is 0.305 e. The molecule has 0 heterocycles. The summed E-state index contributed by atoms with van der Waals surface area (Å²) in [6, 6.07) is 5.98. The molecular weight excluding hydrogens is 423 g/mol. The van der Waals surface area contributed by atoms with Crippen LogP contribution in [-0.2, 0) is 25.5 Å². The number of methoxy groups -OCH3 is 1. The summed E-state index contributed by atoms with van der Waals surface area (Å²) in [5, 5.41) is 0. The van der Waals surface area contributed by atoms with E-state index >= 15 is 0 Å². The Labute approximate surface area is 155 Å². The molecule has 130 valence electrons. The van der Waals surface area contributed by atoms with Gasteiger partial charge >= 0.3 is 11.9 Å². The highest BCUT2D eigenvalue weighted by atomic mass is 127. The number of para-hydroxylation sites is 1. The van der Waals surface area contributed by atoms with Gasteiger partial charge in [0.15, 0.2) is 0 Å². The summed E-state index contributed by atoms with van der Waals surface area (Å²) in [5.74, 6) is 0.343.